The molecule has 21 heavy (non-hydrogen) atoms. The van der Waals surface area contributed by atoms with Crippen molar-refractivity contribution in [1.29, 1.82) is 0 Å². The van der Waals surface area contributed by atoms with Gasteiger partial charge in [-0.3, -0.25) is 0 Å². The van der Waals surface area contributed by atoms with Crippen LogP contribution in [0.25, 0.3) is 5.69 Å². The van der Waals surface area contributed by atoms with Crippen LogP contribution in [0.2, 0.25) is 0 Å². The monoisotopic (exact) mass is 308 g/mol. The standard InChI is InChI=1S/C14H20N4O2S/c1-11(2)7-8-20-9-10-21-14-15-16-17-18(14)12-3-5-13(19)6-4-12/h3-6,11,19H,7-10H2,1-2H3. The predicted octanol–water partition coefficient (Wildman–Crippen LogP) is 2.52. The van der Waals surface area contributed by atoms with Crippen LogP contribution in [0.1, 0.15) is 20.3 Å². The molecule has 114 valence electrons. The molecule has 1 heterocycles. The molecule has 1 N–H and O–H groups in total. The Hall–Kier alpha value is -1.60. The second-order valence-corrected chi connectivity index (χ2v) is 6.10. The van der Waals surface area contributed by atoms with Crippen LogP contribution < -0.4 is 0 Å². The number of aromatic nitrogens is 4. The van der Waals surface area contributed by atoms with E-state index in [1.165, 1.54) is 0 Å². The highest BCUT2D eigenvalue weighted by molar-refractivity contribution is 7.99. The number of hydrogen-bond donors (Lipinski definition) is 1. The number of hydrogen-bond acceptors (Lipinski definition) is 6. The lowest BCUT2D eigenvalue weighted by atomic mass is 10.1. The third-order valence-corrected chi connectivity index (χ3v) is 3.72. The summed E-state index contributed by atoms with van der Waals surface area (Å²) in [5.74, 6) is 1.69. The van der Waals surface area contributed by atoms with E-state index in [4.69, 9.17) is 4.74 Å². The first-order valence-corrected chi connectivity index (χ1v) is 7.93. The van der Waals surface area contributed by atoms with E-state index in [1.54, 1.807) is 40.7 Å². The Morgan fingerprint density at radius 3 is 2.71 bits per heavy atom. The van der Waals surface area contributed by atoms with E-state index in [-0.39, 0.29) is 5.75 Å². The van der Waals surface area contributed by atoms with Crippen molar-refractivity contribution in [3.63, 3.8) is 0 Å². The zero-order valence-corrected chi connectivity index (χ0v) is 13.1. The number of tetrazole rings is 1. The number of phenols is 1. The second kappa shape index (κ2) is 7.99. The van der Waals surface area contributed by atoms with E-state index in [0.717, 1.165) is 24.5 Å². The van der Waals surface area contributed by atoms with Crippen LogP contribution in [0, 0.1) is 5.92 Å². The first-order chi connectivity index (χ1) is 10.2. The maximum absolute atomic E-state index is 9.30. The maximum Gasteiger partial charge on any atom is 0.214 e. The van der Waals surface area contributed by atoms with Crippen molar-refractivity contribution in [2.24, 2.45) is 5.92 Å². The summed E-state index contributed by atoms with van der Waals surface area (Å²) in [6.07, 6.45) is 1.08. The number of phenolic OH excluding ortho intramolecular Hbond substituents is 1. The number of thioether (sulfide) groups is 1. The molecule has 2 rings (SSSR count). The Morgan fingerprint density at radius 2 is 2.00 bits per heavy atom. The smallest absolute Gasteiger partial charge is 0.214 e. The van der Waals surface area contributed by atoms with Crippen molar-refractivity contribution in [3.05, 3.63) is 24.3 Å². The molecule has 0 unspecified atom stereocenters. The number of ether oxygens (including phenoxy) is 1. The minimum atomic E-state index is 0.222. The molecule has 0 amide bonds. The lowest BCUT2D eigenvalue weighted by Gasteiger charge is -2.06. The normalized spacial score (nSPS) is 11.2. The van der Waals surface area contributed by atoms with Crippen molar-refractivity contribution in [1.82, 2.24) is 20.2 Å². The number of rotatable bonds is 8. The third-order valence-electron chi connectivity index (χ3n) is 2.83. The SMILES string of the molecule is CC(C)CCOCCSc1nnnn1-c1ccc(O)cc1. The minimum absolute atomic E-state index is 0.222. The summed E-state index contributed by atoms with van der Waals surface area (Å²) in [6.45, 7) is 5.84. The van der Waals surface area contributed by atoms with Gasteiger partial charge in [0.1, 0.15) is 5.75 Å². The van der Waals surface area contributed by atoms with Crippen LogP contribution in [-0.4, -0.2) is 44.3 Å². The van der Waals surface area contributed by atoms with Crippen molar-refractivity contribution < 1.29 is 9.84 Å². The molecular weight excluding hydrogens is 288 g/mol. The Balaban J connectivity index is 1.82. The minimum Gasteiger partial charge on any atom is -0.508 e. The lowest BCUT2D eigenvalue weighted by Crippen LogP contribution is -2.04. The molecule has 0 aliphatic carbocycles. The average Bonchev–Trinajstić information content (AvgIpc) is 2.91. The van der Waals surface area contributed by atoms with E-state index < -0.39 is 0 Å². The van der Waals surface area contributed by atoms with Gasteiger partial charge in [-0.25, -0.2) is 0 Å². The van der Waals surface area contributed by atoms with Gasteiger partial charge < -0.3 is 9.84 Å². The lowest BCUT2D eigenvalue weighted by molar-refractivity contribution is 0.138. The highest BCUT2D eigenvalue weighted by atomic mass is 32.2. The summed E-state index contributed by atoms with van der Waals surface area (Å²) in [7, 11) is 0. The van der Waals surface area contributed by atoms with E-state index in [9.17, 15) is 5.11 Å². The molecule has 2 aromatic rings. The number of aromatic hydroxyl groups is 1. The molecular formula is C14H20N4O2S. The first kappa shape index (κ1) is 15.8. The quantitative estimate of drug-likeness (QED) is 0.597. The fourth-order valence-corrected chi connectivity index (χ4v) is 2.38. The molecule has 0 spiro atoms. The molecule has 0 fully saturated rings. The number of nitrogens with zero attached hydrogens (tertiary/aromatic N) is 4. The summed E-state index contributed by atoms with van der Waals surface area (Å²) < 4.78 is 7.22. The first-order valence-electron chi connectivity index (χ1n) is 6.95. The van der Waals surface area contributed by atoms with Gasteiger partial charge in [-0.05, 0) is 47.0 Å². The summed E-state index contributed by atoms with van der Waals surface area (Å²) in [5, 5.41) is 21.7. The molecule has 0 radical (unpaired) electrons. The van der Waals surface area contributed by atoms with Crippen molar-refractivity contribution in [3.8, 4) is 11.4 Å². The second-order valence-electron chi connectivity index (χ2n) is 5.03. The highest BCUT2D eigenvalue weighted by Crippen LogP contribution is 2.19. The molecule has 0 aliphatic rings. The Morgan fingerprint density at radius 1 is 1.24 bits per heavy atom. The van der Waals surface area contributed by atoms with Crippen LogP contribution >= 0.6 is 11.8 Å². The highest BCUT2D eigenvalue weighted by Gasteiger charge is 2.08. The van der Waals surface area contributed by atoms with Crippen LogP contribution in [0.5, 0.6) is 5.75 Å². The largest absolute Gasteiger partial charge is 0.508 e. The molecule has 0 saturated carbocycles. The Labute approximate surface area is 128 Å². The van der Waals surface area contributed by atoms with E-state index >= 15 is 0 Å². The van der Waals surface area contributed by atoms with Crippen LogP contribution in [0.3, 0.4) is 0 Å². The van der Waals surface area contributed by atoms with Gasteiger partial charge in [0.15, 0.2) is 0 Å². The summed E-state index contributed by atoms with van der Waals surface area (Å²) in [6, 6.07) is 6.77. The molecule has 1 aromatic carbocycles. The predicted molar refractivity (Wildman–Crippen MR) is 81.8 cm³/mol. The van der Waals surface area contributed by atoms with E-state index in [2.05, 4.69) is 29.4 Å². The van der Waals surface area contributed by atoms with Crippen LogP contribution in [0.15, 0.2) is 29.4 Å². The van der Waals surface area contributed by atoms with Gasteiger partial charge in [-0.1, -0.05) is 25.6 Å². The summed E-state index contributed by atoms with van der Waals surface area (Å²) in [4.78, 5) is 0. The molecule has 0 saturated heterocycles. The van der Waals surface area contributed by atoms with Gasteiger partial charge in [0.2, 0.25) is 5.16 Å². The average molecular weight is 308 g/mol. The summed E-state index contributed by atoms with van der Waals surface area (Å²) in [5.41, 5.74) is 0.820. The van der Waals surface area contributed by atoms with Gasteiger partial charge >= 0.3 is 0 Å². The maximum atomic E-state index is 9.30. The molecule has 0 aliphatic heterocycles. The zero-order valence-electron chi connectivity index (χ0n) is 12.3. The third kappa shape index (κ3) is 5.02. The van der Waals surface area contributed by atoms with Gasteiger partial charge in [-0.2, -0.15) is 4.68 Å². The molecule has 7 heteroatoms. The van der Waals surface area contributed by atoms with Crippen molar-refractivity contribution in [2.75, 3.05) is 19.0 Å². The van der Waals surface area contributed by atoms with Crippen molar-refractivity contribution >= 4 is 11.8 Å². The van der Waals surface area contributed by atoms with E-state index in [1.807, 2.05) is 0 Å². The van der Waals surface area contributed by atoms with Gasteiger partial charge in [0, 0.05) is 12.4 Å². The van der Waals surface area contributed by atoms with Gasteiger partial charge in [0.25, 0.3) is 0 Å². The fraction of sp³-hybridized carbons (Fsp3) is 0.500. The van der Waals surface area contributed by atoms with Crippen molar-refractivity contribution in [2.45, 2.75) is 25.4 Å². The van der Waals surface area contributed by atoms with Gasteiger partial charge in [0.05, 0.1) is 12.3 Å². The fourth-order valence-electron chi connectivity index (χ4n) is 1.64. The molecule has 0 bridgehead atoms. The Kier molecular flexibility index (Phi) is 6.01. The number of benzene rings is 1. The van der Waals surface area contributed by atoms with E-state index in [0.29, 0.717) is 17.7 Å². The molecule has 1 aromatic heterocycles. The van der Waals surface area contributed by atoms with Crippen LogP contribution in [-0.2, 0) is 4.74 Å². The molecule has 0 atom stereocenters. The Bertz CT molecular complexity index is 542. The molecule has 6 nitrogen and oxygen atoms in total. The zero-order chi connectivity index (χ0) is 15.1. The summed E-state index contributed by atoms with van der Waals surface area (Å²) >= 11 is 1.55. The van der Waals surface area contributed by atoms with Crippen LogP contribution in [0.4, 0.5) is 0 Å². The topological polar surface area (TPSA) is 73.1 Å². The van der Waals surface area contributed by atoms with Gasteiger partial charge in [-0.15, -0.1) is 5.10 Å².